The van der Waals surface area contributed by atoms with Gasteiger partial charge in [-0.05, 0) is 31.0 Å². The Hall–Kier alpha value is -2.12. The van der Waals surface area contributed by atoms with Crippen molar-refractivity contribution < 1.29 is 14.3 Å². The van der Waals surface area contributed by atoms with Gasteiger partial charge in [-0.25, -0.2) is 9.78 Å². The first-order chi connectivity index (χ1) is 11.7. The molecule has 2 aromatic rings. The zero-order valence-corrected chi connectivity index (χ0v) is 13.6. The van der Waals surface area contributed by atoms with Crippen molar-refractivity contribution in [2.45, 2.75) is 18.8 Å². The molecule has 1 aliphatic heterocycles. The first kappa shape index (κ1) is 15.4. The fourth-order valence-electron chi connectivity index (χ4n) is 3.05. The third-order valence-corrected chi connectivity index (χ3v) is 4.66. The number of hydrogen-bond donors (Lipinski definition) is 2. The minimum Gasteiger partial charge on any atom is -0.440 e. The number of nitrogens with zero attached hydrogens (tertiary/aromatic N) is 3. The van der Waals surface area contributed by atoms with Gasteiger partial charge in [0.05, 0.1) is 6.61 Å². The molecule has 2 N–H and O–H groups in total. The van der Waals surface area contributed by atoms with E-state index in [1.165, 1.54) is 0 Å². The number of benzene rings is 1. The van der Waals surface area contributed by atoms with Crippen molar-refractivity contribution in [1.82, 2.24) is 14.8 Å². The van der Waals surface area contributed by atoms with E-state index in [0.29, 0.717) is 25.6 Å². The summed E-state index contributed by atoms with van der Waals surface area (Å²) in [5.41, 5.74) is 2.30. The van der Waals surface area contributed by atoms with Crippen LogP contribution in [0.1, 0.15) is 24.7 Å². The molecule has 1 saturated carbocycles. The molecule has 7 nitrogen and oxygen atoms in total. The number of rotatable bonds is 4. The van der Waals surface area contributed by atoms with E-state index in [2.05, 4.69) is 15.2 Å². The van der Waals surface area contributed by atoms with Crippen LogP contribution in [0, 0.1) is 0 Å². The molecule has 1 saturated heterocycles. The van der Waals surface area contributed by atoms with Crippen molar-refractivity contribution in [2.75, 3.05) is 44.6 Å². The van der Waals surface area contributed by atoms with E-state index in [1.807, 2.05) is 18.2 Å². The van der Waals surface area contributed by atoms with Crippen molar-refractivity contribution in [3.63, 3.8) is 0 Å². The molecule has 2 fully saturated rings. The van der Waals surface area contributed by atoms with Crippen LogP contribution < -0.4 is 5.32 Å². The van der Waals surface area contributed by atoms with Gasteiger partial charge in [0.25, 0.3) is 0 Å². The number of oxazole rings is 1. The molecule has 0 atom stereocenters. The van der Waals surface area contributed by atoms with Gasteiger partial charge in [-0.15, -0.1) is 0 Å². The van der Waals surface area contributed by atoms with E-state index < -0.39 is 0 Å². The number of hydrogen-bond acceptors (Lipinski definition) is 5. The summed E-state index contributed by atoms with van der Waals surface area (Å²) in [4.78, 5) is 20.9. The molecular formula is C17H22N4O3. The molecule has 2 heterocycles. The average Bonchev–Trinajstić information content (AvgIpc) is 3.35. The highest BCUT2D eigenvalue weighted by molar-refractivity contribution is 5.91. The Balaban J connectivity index is 1.39. The molecule has 1 aromatic heterocycles. The number of urea groups is 1. The molecule has 2 amide bonds. The number of aromatic nitrogens is 1. The minimum absolute atomic E-state index is 0.0936. The zero-order valence-electron chi connectivity index (χ0n) is 13.6. The number of amides is 2. The summed E-state index contributed by atoms with van der Waals surface area (Å²) < 4.78 is 5.74. The molecule has 24 heavy (non-hydrogen) atoms. The quantitative estimate of drug-likeness (QED) is 0.894. The summed E-state index contributed by atoms with van der Waals surface area (Å²) in [6.07, 6.45) is 2.30. The molecule has 0 unspecified atom stereocenters. The van der Waals surface area contributed by atoms with Gasteiger partial charge < -0.3 is 19.7 Å². The molecule has 2 aliphatic rings. The maximum Gasteiger partial charge on any atom is 0.321 e. The van der Waals surface area contributed by atoms with Gasteiger partial charge in [0.15, 0.2) is 11.5 Å². The number of piperazine rings is 1. The lowest BCUT2D eigenvalue weighted by molar-refractivity contribution is 0.127. The van der Waals surface area contributed by atoms with Crippen LogP contribution in [-0.2, 0) is 0 Å². The van der Waals surface area contributed by atoms with Crippen LogP contribution in [0.5, 0.6) is 0 Å². The molecule has 0 radical (unpaired) electrons. The molecular weight excluding hydrogens is 308 g/mol. The normalized spacial score (nSPS) is 19.0. The number of aliphatic hydroxyl groups is 1. The standard InChI is InChI=1S/C17H22N4O3/c22-10-9-20-5-7-21(8-6-20)17(23)18-13-3-4-15-14(11-13)19-16(24-15)12-1-2-12/h3-4,11-12,22H,1-2,5-10H2,(H,18,23). The lowest BCUT2D eigenvalue weighted by Crippen LogP contribution is -2.50. The Bertz CT molecular complexity index is 733. The third-order valence-electron chi connectivity index (χ3n) is 4.66. The Morgan fingerprint density at radius 3 is 2.79 bits per heavy atom. The monoisotopic (exact) mass is 330 g/mol. The molecule has 4 rings (SSSR count). The summed E-state index contributed by atoms with van der Waals surface area (Å²) >= 11 is 0. The van der Waals surface area contributed by atoms with E-state index in [1.54, 1.807) is 4.90 Å². The van der Waals surface area contributed by atoms with Gasteiger partial charge in [0, 0.05) is 44.3 Å². The number of fused-ring (bicyclic) bond motifs is 1. The van der Waals surface area contributed by atoms with Crippen molar-refractivity contribution in [3.05, 3.63) is 24.1 Å². The van der Waals surface area contributed by atoms with Crippen LogP contribution in [0.2, 0.25) is 0 Å². The fourth-order valence-corrected chi connectivity index (χ4v) is 3.05. The maximum atomic E-state index is 12.4. The van der Waals surface area contributed by atoms with Crippen LogP contribution in [0.25, 0.3) is 11.1 Å². The lowest BCUT2D eigenvalue weighted by atomic mass is 10.3. The highest BCUT2D eigenvalue weighted by atomic mass is 16.3. The second kappa shape index (κ2) is 6.41. The largest absolute Gasteiger partial charge is 0.440 e. The summed E-state index contributed by atoms with van der Waals surface area (Å²) in [5.74, 6) is 1.29. The summed E-state index contributed by atoms with van der Waals surface area (Å²) in [6, 6.07) is 5.49. The van der Waals surface area contributed by atoms with E-state index in [-0.39, 0.29) is 12.6 Å². The number of β-amino-alcohol motifs (C(OH)–C–C–N with tert-alkyl or cyclic N) is 1. The smallest absolute Gasteiger partial charge is 0.321 e. The van der Waals surface area contributed by atoms with Gasteiger partial charge in [-0.1, -0.05) is 0 Å². The van der Waals surface area contributed by atoms with Crippen molar-refractivity contribution in [2.24, 2.45) is 0 Å². The van der Waals surface area contributed by atoms with Gasteiger partial charge in [-0.2, -0.15) is 0 Å². The third kappa shape index (κ3) is 3.22. The van der Waals surface area contributed by atoms with E-state index in [4.69, 9.17) is 9.52 Å². The number of carbonyl (C=O) groups is 1. The predicted octanol–water partition coefficient (Wildman–Crippen LogP) is 1.85. The van der Waals surface area contributed by atoms with Gasteiger partial charge in [0.1, 0.15) is 5.52 Å². The minimum atomic E-state index is -0.0936. The van der Waals surface area contributed by atoms with Crippen LogP contribution in [-0.4, -0.2) is 65.3 Å². The maximum absolute atomic E-state index is 12.4. The molecule has 0 spiro atoms. The number of nitrogens with one attached hydrogen (secondary N) is 1. The summed E-state index contributed by atoms with van der Waals surface area (Å²) in [6.45, 7) is 3.75. The molecule has 1 aliphatic carbocycles. The number of carbonyl (C=O) groups excluding carboxylic acids is 1. The highest BCUT2D eigenvalue weighted by Crippen LogP contribution is 2.40. The topological polar surface area (TPSA) is 81.8 Å². The molecule has 7 heteroatoms. The van der Waals surface area contributed by atoms with Crippen LogP contribution in [0.3, 0.4) is 0 Å². The Morgan fingerprint density at radius 1 is 1.29 bits per heavy atom. The Morgan fingerprint density at radius 2 is 2.08 bits per heavy atom. The van der Waals surface area contributed by atoms with Crippen LogP contribution >= 0.6 is 0 Å². The zero-order chi connectivity index (χ0) is 16.5. The number of anilines is 1. The predicted molar refractivity (Wildman–Crippen MR) is 90.1 cm³/mol. The van der Waals surface area contributed by atoms with Gasteiger partial charge in [0.2, 0.25) is 0 Å². The Labute approximate surface area is 140 Å². The van der Waals surface area contributed by atoms with Crippen LogP contribution in [0.4, 0.5) is 10.5 Å². The van der Waals surface area contributed by atoms with E-state index >= 15 is 0 Å². The lowest BCUT2D eigenvalue weighted by Gasteiger charge is -2.34. The second-order valence-corrected chi connectivity index (χ2v) is 6.49. The van der Waals surface area contributed by atoms with Crippen LogP contribution in [0.15, 0.2) is 22.6 Å². The van der Waals surface area contributed by atoms with E-state index in [0.717, 1.165) is 48.6 Å². The first-order valence-electron chi connectivity index (χ1n) is 8.52. The highest BCUT2D eigenvalue weighted by Gasteiger charge is 2.29. The molecule has 128 valence electrons. The van der Waals surface area contributed by atoms with Crippen molar-refractivity contribution in [3.8, 4) is 0 Å². The first-order valence-corrected chi connectivity index (χ1v) is 8.52. The molecule has 1 aromatic carbocycles. The van der Waals surface area contributed by atoms with Crippen molar-refractivity contribution in [1.29, 1.82) is 0 Å². The van der Waals surface area contributed by atoms with E-state index in [9.17, 15) is 4.79 Å². The Kier molecular flexibility index (Phi) is 4.12. The SMILES string of the molecule is O=C(Nc1ccc2oc(C3CC3)nc2c1)N1CCN(CCO)CC1. The summed E-state index contributed by atoms with van der Waals surface area (Å²) in [7, 11) is 0. The number of aliphatic hydroxyl groups excluding tert-OH is 1. The summed E-state index contributed by atoms with van der Waals surface area (Å²) in [5, 5.41) is 11.9. The average molecular weight is 330 g/mol. The second-order valence-electron chi connectivity index (χ2n) is 6.49. The fraction of sp³-hybridized carbons (Fsp3) is 0.529. The van der Waals surface area contributed by atoms with Gasteiger partial charge in [-0.3, -0.25) is 4.90 Å². The molecule has 0 bridgehead atoms. The van der Waals surface area contributed by atoms with Crippen molar-refractivity contribution >= 4 is 22.8 Å². The van der Waals surface area contributed by atoms with Gasteiger partial charge >= 0.3 is 6.03 Å².